The minimum atomic E-state index is -0.387. The Labute approximate surface area is 119 Å². The molecule has 0 aliphatic carbocycles. The summed E-state index contributed by atoms with van der Waals surface area (Å²) < 4.78 is 10.8. The van der Waals surface area contributed by atoms with Gasteiger partial charge in [0.15, 0.2) is 11.5 Å². The molecule has 5 nitrogen and oxygen atoms in total. The number of para-hydroxylation sites is 1. The highest BCUT2D eigenvalue weighted by atomic mass is 16.5. The van der Waals surface area contributed by atoms with Crippen molar-refractivity contribution in [3.8, 4) is 11.5 Å². The summed E-state index contributed by atoms with van der Waals surface area (Å²) in [4.78, 5) is 14.3. The summed E-state index contributed by atoms with van der Waals surface area (Å²) in [7, 11) is 1.46. The van der Waals surface area contributed by atoms with Crippen molar-refractivity contribution in [2.75, 3.05) is 20.2 Å². The van der Waals surface area contributed by atoms with E-state index in [2.05, 4.69) is 0 Å². The van der Waals surface area contributed by atoms with E-state index in [0.717, 1.165) is 0 Å². The highest BCUT2D eigenvalue weighted by molar-refractivity contribution is 5.97. The molecule has 20 heavy (non-hydrogen) atoms. The van der Waals surface area contributed by atoms with Crippen LogP contribution < -0.4 is 4.74 Å². The smallest absolute Gasteiger partial charge is 0.257 e. The predicted molar refractivity (Wildman–Crippen MR) is 75.2 cm³/mol. The SMILES string of the molecule is COc1cccc(C(=O)N2CC(C)OC(C)(C)C2)c1O. The molecule has 1 fully saturated rings. The molecule has 1 aliphatic heterocycles. The maximum Gasteiger partial charge on any atom is 0.257 e. The maximum atomic E-state index is 12.6. The Hall–Kier alpha value is -1.75. The van der Waals surface area contributed by atoms with Crippen LogP contribution in [0.4, 0.5) is 0 Å². The minimum absolute atomic E-state index is 0.0320. The Bertz CT molecular complexity index is 513. The number of ether oxygens (including phenoxy) is 2. The molecular weight excluding hydrogens is 258 g/mol. The summed E-state index contributed by atoms with van der Waals surface area (Å²) >= 11 is 0. The van der Waals surface area contributed by atoms with E-state index >= 15 is 0 Å². The largest absolute Gasteiger partial charge is 0.504 e. The van der Waals surface area contributed by atoms with E-state index in [4.69, 9.17) is 9.47 Å². The molecule has 5 heteroatoms. The lowest BCUT2D eigenvalue weighted by atomic mass is 10.0. The molecule has 2 rings (SSSR count). The Morgan fingerprint density at radius 3 is 2.80 bits per heavy atom. The van der Waals surface area contributed by atoms with Gasteiger partial charge in [0, 0.05) is 13.1 Å². The van der Waals surface area contributed by atoms with Crippen molar-refractivity contribution in [2.45, 2.75) is 32.5 Å². The van der Waals surface area contributed by atoms with Crippen molar-refractivity contribution in [3.63, 3.8) is 0 Å². The first-order chi connectivity index (χ1) is 9.34. The molecule has 110 valence electrons. The summed E-state index contributed by atoms with van der Waals surface area (Å²) in [5.41, 5.74) is -0.129. The molecule has 0 bridgehead atoms. The molecule has 0 aromatic heterocycles. The molecule has 0 radical (unpaired) electrons. The summed E-state index contributed by atoms with van der Waals surface area (Å²) in [6.07, 6.45) is -0.0320. The fourth-order valence-corrected chi connectivity index (χ4v) is 2.64. The van der Waals surface area contributed by atoms with Crippen LogP contribution in [0.3, 0.4) is 0 Å². The number of nitrogens with zero attached hydrogens (tertiary/aromatic N) is 1. The summed E-state index contributed by atoms with van der Waals surface area (Å²) in [5, 5.41) is 10.1. The Balaban J connectivity index is 2.27. The Morgan fingerprint density at radius 2 is 2.20 bits per heavy atom. The van der Waals surface area contributed by atoms with Crippen LogP contribution in [0.25, 0.3) is 0 Å². The first kappa shape index (κ1) is 14.7. The van der Waals surface area contributed by atoms with Crippen LogP contribution in [0.15, 0.2) is 18.2 Å². The molecule has 1 heterocycles. The predicted octanol–water partition coefficient (Wildman–Crippen LogP) is 2.04. The number of carbonyl (C=O) groups is 1. The number of carbonyl (C=O) groups excluding carboxylic acids is 1. The lowest BCUT2D eigenvalue weighted by molar-refractivity contribution is -0.118. The molecule has 1 unspecified atom stereocenters. The molecule has 1 N–H and O–H groups in total. The van der Waals surface area contributed by atoms with Crippen LogP contribution in [0.2, 0.25) is 0 Å². The zero-order valence-corrected chi connectivity index (χ0v) is 12.3. The topological polar surface area (TPSA) is 59.0 Å². The van der Waals surface area contributed by atoms with Gasteiger partial charge in [-0.05, 0) is 32.9 Å². The number of phenols is 1. The van der Waals surface area contributed by atoms with Crippen molar-refractivity contribution in [1.29, 1.82) is 0 Å². The third-order valence-corrected chi connectivity index (χ3v) is 3.31. The van der Waals surface area contributed by atoms with Crippen LogP contribution in [0.5, 0.6) is 11.5 Å². The van der Waals surface area contributed by atoms with Crippen LogP contribution >= 0.6 is 0 Å². The number of methoxy groups -OCH3 is 1. The van der Waals surface area contributed by atoms with E-state index in [1.807, 2.05) is 20.8 Å². The number of hydrogen-bond acceptors (Lipinski definition) is 4. The standard InChI is InChI=1S/C15H21NO4/c1-10-8-16(9-15(2,3)20-10)14(18)11-6-5-7-12(19-4)13(11)17/h5-7,10,17H,8-9H2,1-4H3. The van der Waals surface area contributed by atoms with Crippen molar-refractivity contribution < 1.29 is 19.4 Å². The average molecular weight is 279 g/mol. The molecule has 1 aliphatic rings. The van der Waals surface area contributed by atoms with Gasteiger partial charge in [0.2, 0.25) is 0 Å². The Morgan fingerprint density at radius 1 is 1.50 bits per heavy atom. The van der Waals surface area contributed by atoms with Gasteiger partial charge in [-0.15, -0.1) is 0 Å². The second kappa shape index (κ2) is 5.32. The number of benzene rings is 1. The van der Waals surface area contributed by atoms with Crippen molar-refractivity contribution in [2.24, 2.45) is 0 Å². The van der Waals surface area contributed by atoms with E-state index in [1.54, 1.807) is 23.1 Å². The Kier molecular flexibility index (Phi) is 3.90. The number of rotatable bonds is 2. The summed E-state index contributed by atoms with van der Waals surface area (Å²) in [6.45, 7) is 6.85. The second-order valence-corrected chi connectivity index (χ2v) is 5.73. The normalized spacial score (nSPS) is 21.6. The van der Waals surface area contributed by atoms with Crippen molar-refractivity contribution in [3.05, 3.63) is 23.8 Å². The number of aromatic hydroxyl groups is 1. The van der Waals surface area contributed by atoms with Gasteiger partial charge in [-0.3, -0.25) is 4.79 Å². The molecule has 1 aromatic rings. The molecule has 0 spiro atoms. The number of amides is 1. The van der Waals surface area contributed by atoms with E-state index in [1.165, 1.54) is 7.11 Å². The fraction of sp³-hybridized carbons (Fsp3) is 0.533. The molecule has 0 saturated carbocycles. The highest BCUT2D eigenvalue weighted by Crippen LogP contribution is 2.31. The monoisotopic (exact) mass is 279 g/mol. The lowest BCUT2D eigenvalue weighted by Gasteiger charge is -2.41. The number of phenolic OH excluding ortho intramolecular Hbond substituents is 1. The van der Waals surface area contributed by atoms with Gasteiger partial charge in [-0.2, -0.15) is 0 Å². The quantitative estimate of drug-likeness (QED) is 0.900. The van der Waals surface area contributed by atoms with E-state index in [0.29, 0.717) is 18.8 Å². The van der Waals surface area contributed by atoms with Gasteiger partial charge < -0.3 is 19.5 Å². The third kappa shape index (κ3) is 2.88. The van der Waals surface area contributed by atoms with E-state index in [9.17, 15) is 9.90 Å². The van der Waals surface area contributed by atoms with Crippen molar-refractivity contribution in [1.82, 2.24) is 4.90 Å². The maximum absolute atomic E-state index is 12.6. The first-order valence-corrected chi connectivity index (χ1v) is 6.67. The number of hydrogen-bond donors (Lipinski definition) is 1. The van der Waals surface area contributed by atoms with Gasteiger partial charge in [0.25, 0.3) is 5.91 Å². The highest BCUT2D eigenvalue weighted by Gasteiger charge is 2.34. The number of morpholine rings is 1. The van der Waals surface area contributed by atoms with Gasteiger partial charge in [-0.25, -0.2) is 0 Å². The van der Waals surface area contributed by atoms with E-state index in [-0.39, 0.29) is 28.9 Å². The van der Waals surface area contributed by atoms with Gasteiger partial charge in [0.1, 0.15) is 0 Å². The van der Waals surface area contributed by atoms with Crippen LogP contribution in [0, 0.1) is 0 Å². The molecule has 1 saturated heterocycles. The lowest BCUT2D eigenvalue weighted by Crippen LogP contribution is -2.53. The van der Waals surface area contributed by atoms with Crippen LogP contribution in [-0.2, 0) is 4.74 Å². The average Bonchev–Trinajstić information content (AvgIpc) is 2.36. The van der Waals surface area contributed by atoms with Crippen LogP contribution in [0.1, 0.15) is 31.1 Å². The van der Waals surface area contributed by atoms with Gasteiger partial charge >= 0.3 is 0 Å². The van der Waals surface area contributed by atoms with Crippen LogP contribution in [-0.4, -0.2) is 47.8 Å². The first-order valence-electron chi connectivity index (χ1n) is 6.67. The summed E-state index contributed by atoms with van der Waals surface area (Å²) in [6, 6.07) is 4.92. The molecule has 1 amide bonds. The zero-order chi connectivity index (χ0) is 14.9. The summed E-state index contributed by atoms with van der Waals surface area (Å²) in [5.74, 6) is -0.0157. The third-order valence-electron chi connectivity index (χ3n) is 3.31. The molecule has 1 aromatic carbocycles. The van der Waals surface area contributed by atoms with Gasteiger partial charge in [-0.1, -0.05) is 6.07 Å². The fourth-order valence-electron chi connectivity index (χ4n) is 2.64. The minimum Gasteiger partial charge on any atom is -0.504 e. The second-order valence-electron chi connectivity index (χ2n) is 5.73. The molecule has 1 atom stereocenters. The van der Waals surface area contributed by atoms with E-state index < -0.39 is 0 Å². The van der Waals surface area contributed by atoms with Gasteiger partial charge in [0.05, 0.1) is 24.4 Å². The molecular formula is C15H21NO4. The zero-order valence-electron chi connectivity index (χ0n) is 12.3. The van der Waals surface area contributed by atoms with Crippen molar-refractivity contribution >= 4 is 5.91 Å².